The molecule has 0 amide bonds. The monoisotopic (exact) mass is 226 g/mol. The van der Waals surface area contributed by atoms with Gasteiger partial charge in [0.25, 0.3) is 0 Å². The predicted molar refractivity (Wildman–Crippen MR) is 72.3 cm³/mol. The van der Waals surface area contributed by atoms with Crippen molar-refractivity contribution in [1.29, 1.82) is 0 Å². The van der Waals surface area contributed by atoms with Crippen LogP contribution in [0.4, 0.5) is 0 Å². The minimum atomic E-state index is 0.358. The molecule has 0 fully saturated rings. The maximum absolute atomic E-state index is 9.38. The van der Waals surface area contributed by atoms with Gasteiger partial charge in [-0.25, -0.2) is 0 Å². The molecule has 1 heteroatoms. The number of rotatable bonds is 0. The highest BCUT2D eigenvalue weighted by Gasteiger charge is 2.17. The molecule has 88 valence electrons. The van der Waals surface area contributed by atoms with Crippen LogP contribution < -0.4 is 0 Å². The summed E-state index contributed by atoms with van der Waals surface area (Å²) in [5, 5.41) is 9.38. The molecule has 1 aliphatic carbocycles. The number of phenols is 1. The van der Waals surface area contributed by atoms with Crippen LogP contribution in [0.25, 0.3) is 11.1 Å². The summed E-state index contributed by atoms with van der Waals surface area (Å²) in [7, 11) is 0. The fourth-order valence-corrected chi connectivity index (χ4v) is 2.13. The zero-order chi connectivity index (χ0) is 12.3. The summed E-state index contributed by atoms with van der Waals surface area (Å²) >= 11 is 0. The summed E-state index contributed by atoms with van der Waals surface area (Å²) < 4.78 is 0. The highest BCUT2D eigenvalue weighted by molar-refractivity contribution is 5.77. The molecule has 0 heterocycles. The van der Waals surface area contributed by atoms with Crippen molar-refractivity contribution in [2.24, 2.45) is 0 Å². The molecule has 3 rings (SSSR count). The Morgan fingerprint density at radius 3 is 2.35 bits per heavy atom. The molecule has 0 aromatic heterocycles. The van der Waals surface area contributed by atoms with Gasteiger partial charge in [0.2, 0.25) is 0 Å². The molecule has 0 saturated carbocycles. The highest BCUT2D eigenvalue weighted by Crippen LogP contribution is 2.37. The lowest BCUT2D eigenvalue weighted by Crippen LogP contribution is -1.78. The molecule has 0 spiro atoms. The van der Waals surface area contributed by atoms with Gasteiger partial charge in [0.1, 0.15) is 5.75 Å². The zero-order valence-corrected chi connectivity index (χ0v) is 10.4. The Bertz CT molecular complexity index is 515. The van der Waals surface area contributed by atoms with Gasteiger partial charge in [-0.05, 0) is 40.8 Å². The van der Waals surface area contributed by atoms with Gasteiger partial charge < -0.3 is 5.11 Å². The molecule has 0 radical (unpaired) electrons. The average Bonchev–Trinajstić information content (AvgIpc) is 2.67. The van der Waals surface area contributed by atoms with Crippen LogP contribution in [0.1, 0.15) is 31.4 Å². The van der Waals surface area contributed by atoms with E-state index in [1.165, 1.54) is 28.7 Å². The van der Waals surface area contributed by atoms with Crippen LogP contribution >= 0.6 is 0 Å². The quantitative estimate of drug-likeness (QED) is 0.603. The van der Waals surface area contributed by atoms with Crippen molar-refractivity contribution in [3.05, 3.63) is 53.6 Å². The number of aromatic hydroxyl groups is 1. The van der Waals surface area contributed by atoms with Crippen molar-refractivity contribution in [2.75, 3.05) is 0 Å². The fourth-order valence-electron chi connectivity index (χ4n) is 2.13. The Labute approximate surface area is 103 Å². The van der Waals surface area contributed by atoms with Gasteiger partial charge in [-0.15, -0.1) is 0 Å². The summed E-state index contributed by atoms with van der Waals surface area (Å²) in [5.74, 6) is 0.358. The molecule has 0 aliphatic heterocycles. The molecule has 1 aliphatic rings. The molecule has 1 N–H and O–H groups in total. The standard InChI is InChI=1S/C13H10O.C3H8/c14-11-5-6-13-10(8-11)7-9-3-1-2-4-12(9)13;1-3-2/h1-6,8,14H,7H2;3H2,1-2H3. The molecule has 0 unspecified atom stereocenters. The maximum Gasteiger partial charge on any atom is 0.115 e. The van der Waals surface area contributed by atoms with Crippen molar-refractivity contribution in [2.45, 2.75) is 26.7 Å². The Morgan fingerprint density at radius 1 is 0.941 bits per heavy atom. The number of hydrogen-bond donors (Lipinski definition) is 1. The molecule has 0 bridgehead atoms. The predicted octanol–water partition coefficient (Wildman–Crippen LogP) is 4.38. The first-order chi connectivity index (χ1) is 8.26. The lowest BCUT2D eigenvalue weighted by Gasteiger charge is -1.99. The molecular formula is C16H18O. The van der Waals surface area contributed by atoms with Crippen LogP contribution in [0.15, 0.2) is 42.5 Å². The number of fused-ring (bicyclic) bond motifs is 3. The van der Waals surface area contributed by atoms with E-state index in [0.717, 1.165) is 6.42 Å². The van der Waals surface area contributed by atoms with Gasteiger partial charge in [-0.2, -0.15) is 0 Å². The zero-order valence-electron chi connectivity index (χ0n) is 10.4. The Balaban J connectivity index is 0.000000329. The van der Waals surface area contributed by atoms with Gasteiger partial charge in [0.05, 0.1) is 0 Å². The van der Waals surface area contributed by atoms with Crippen LogP contribution in [-0.4, -0.2) is 5.11 Å². The minimum absolute atomic E-state index is 0.358. The third kappa shape index (κ3) is 2.33. The van der Waals surface area contributed by atoms with Crippen molar-refractivity contribution < 1.29 is 5.11 Å². The second-order valence-corrected chi connectivity index (χ2v) is 4.38. The lowest BCUT2D eigenvalue weighted by atomic mass is 10.1. The smallest absolute Gasteiger partial charge is 0.115 e. The van der Waals surface area contributed by atoms with Gasteiger partial charge in [0.15, 0.2) is 0 Å². The van der Waals surface area contributed by atoms with E-state index in [1.807, 2.05) is 12.1 Å². The second kappa shape index (κ2) is 5.05. The van der Waals surface area contributed by atoms with Crippen LogP contribution in [-0.2, 0) is 6.42 Å². The van der Waals surface area contributed by atoms with E-state index < -0.39 is 0 Å². The summed E-state index contributed by atoms with van der Waals surface area (Å²) in [6.07, 6.45) is 2.19. The molecule has 2 aromatic rings. The van der Waals surface area contributed by atoms with Crippen molar-refractivity contribution in [1.82, 2.24) is 0 Å². The summed E-state index contributed by atoms with van der Waals surface area (Å²) in [6.45, 7) is 4.25. The first-order valence-electron chi connectivity index (χ1n) is 6.16. The van der Waals surface area contributed by atoms with Gasteiger partial charge in [-0.1, -0.05) is 50.6 Å². The first kappa shape index (κ1) is 11.7. The van der Waals surface area contributed by atoms with E-state index in [4.69, 9.17) is 0 Å². The Morgan fingerprint density at radius 2 is 1.59 bits per heavy atom. The molecule has 2 aromatic carbocycles. The van der Waals surface area contributed by atoms with E-state index in [9.17, 15) is 5.11 Å². The fraction of sp³-hybridized carbons (Fsp3) is 0.250. The van der Waals surface area contributed by atoms with Gasteiger partial charge in [0, 0.05) is 0 Å². The minimum Gasteiger partial charge on any atom is -0.508 e. The summed E-state index contributed by atoms with van der Waals surface area (Å²) in [6, 6.07) is 14.0. The molecular weight excluding hydrogens is 208 g/mol. The molecule has 0 atom stereocenters. The van der Waals surface area contributed by atoms with Gasteiger partial charge in [-0.3, -0.25) is 0 Å². The molecule has 1 nitrogen and oxygen atoms in total. The first-order valence-corrected chi connectivity index (χ1v) is 6.16. The third-order valence-electron chi connectivity index (χ3n) is 2.78. The maximum atomic E-state index is 9.38. The number of benzene rings is 2. The highest BCUT2D eigenvalue weighted by atomic mass is 16.3. The number of phenolic OH excluding ortho intramolecular Hbond substituents is 1. The summed E-state index contributed by atoms with van der Waals surface area (Å²) in [4.78, 5) is 0. The second-order valence-electron chi connectivity index (χ2n) is 4.38. The normalized spacial score (nSPS) is 11.2. The van der Waals surface area contributed by atoms with Crippen molar-refractivity contribution in [3.8, 4) is 16.9 Å². The Hall–Kier alpha value is -1.76. The largest absolute Gasteiger partial charge is 0.508 e. The topological polar surface area (TPSA) is 20.2 Å². The van der Waals surface area contributed by atoms with E-state index >= 15 is 0 Å². The third-order valence-corrected chi connectivity index (χ3v) is 2.78. The summed E-state index contributed by atoms with van der Waals surface area (Å²) in [5.41, 5.74) is 5.15. The SMILES string of the molecule is CCC.Oc1ccc2c(c1)Cc1ccccc1-2. The van der Waals surface area contributed by atoms with Crippen molar-refractivity contribution >= 4 is 0 Å². The number of hydrogen-bond acceptors (Lipinski definition) is 1. The molecule has 0 saturated heterocycles. The van der Waals surface area contributed by atoms with E-state index in [-0.39, 0.29) is 0 Å². The molecule has 17 heavy (non-hydrogen) atoms. The van der Waals surface area contributed by atoms with E-state index in [2.05, 4.69) is 38.1 Å². The average molecular weight is 226 g/mol. The Kier molecular flexibility index (Phi) is 3.48. The van der Waals surface area contributed by atoms with E-state index in [1.54, 1.807) is 6.07 Å². The van der Waals surface area contributed by atoms with Crippen molar-refractivity contribution in [3.63, 3.8) is 0 Å². The van der Waals surface area contributed by atoms with Crippen LogP contribution in [0.2, 0.25) is 0 Å². The van der Waals surface area contributed by atoms with Crippen LogP contribution in [0.5, 0.6) is 5.75 Å². The van der Waals surface area contributed by atoms with Gasteiger partial charge >= 0.3 is 0 Å². The van der Waals surface area contributed by atoms with Crippen LogP contribution in [0.3, 0.4) is 0 Å². The van der Waals surface area contributed by atoms with E-state index in [0.29, 0.717) is 5.75 Å². The van der Waals surface area contributed by atoms with Crippen LogP contribution in [0, 0.1) is 0 Å². The lowest BCUT2D eigenvalue weighted by molar-refractivity contribution is 0.475.